The van der Waals surface area contributed by atoms with E-state index in [-0.39, 0.29) is 12.1 Å². The fourth-order valence-corrected chi connectivity index (χ4v) is 1.19. The van der Waals surface area contributed by atoms with E-state index in [4.69, 9.17) is 14.2 Å². The summed E-state index contributed by atoms with van der Waals surface area (Å²) in [5.74, 6) is -0.898. The molecule has 1 aliphatic heterocycles. The number of rotatable bonds is 3. The van der Waals surface area contributed by atoms with E-state index in [1.807, 2.05) is 13.8 Å². The molecule has 1 rings (SSSR count). The van der Waals surface area contributed by atoms with Gasteiger partial charge in [0.25, 0.3) is 0 Å². The first-order chi connectivity index (χ1) is 6.53. The van der Waals surface area contributed by atoms with Crippen LogP contribution in [0.25, 0.3) is 0 Å². The number of esters is 1. The molecule has 1 atom stereocenters. The van der Waals surface area contributed by atoms with Crippen LogP contribution in [0.2, 0.25) is 0 Å². The first-order valence-electron chi connectivity index (χ1n) is 4.70. The van der Waals surface area contributed by atoms with E-state index in [1.165, 1.54) is 6.08 Å². The van der Waals surface area contributed by atoms with E-state index >= 15 is 0 Å². The summed E-state index contributed by atoms with van der Waals surface area (Å²) < 4.78 is 15.5. The SMILES string of the molecule is CCOC(=O)/C=C/[C@H]1COC(C)(C)O1. The first-order valence-corrected chi connectivity index (χ1v) is 4.70. The predicted molar refractivity (Wildman–Crippen MR) is 50.7 cm³/mol. The van der Waals surface area contributed by atoms with Crippen LogP contribution in [0.3, 0.4) is 0 Å². The lowest BCUT2D eigenvalue weighted by Crippen LogP contribution is -2.20. The lowest BCUT2D eigenvalue weighted by atomic mass is 10.3. The van der Waals surface area contributed by atoms with Crippen molar-refractivity contribution in [1.29, 1.82) is 0 Å². The number of ether oxygens (including phenoxy) is 3. The highest BCUT2D eigenvalue weighted by molar-refractivity contribution is 5.81. The van der Waals surface area contributed by atoms with E-state index in [1.54, 1.807) is 13.0 Å². The van der Waals surface area contributed by atoms with E-state index in [0.29, 0.717) is 13.2 Å². The molecule has 0 spiro atoms. The number of carbonyl (C=O) groups excluding carboxylic acids is 1. The molecule has 0 aromatic rings. The van der Waals surface area contributed by atoms with Crippen LogP contribution in [0, 0.1) is 0 Å². The Labute approximate surface area is 83.8 Å². The van der Waals surface area contributed by atoms with Crippen LogP contribution in [-0.4, -0.2) is 31.1 Å². The van der Waals surface area contributed by atoms with Crippen LogP contribution >= 0.6 is 0 Å². The summed E-state index contributed by atoms with van der Waals surface area (Å²) in [6.45, 7) is 6.31. The van der Waals surface area contributed by atoms with Crippen molar-refractivity contribution in [2.75, 3.05) is 13.2 Å². The minimum Gasteiger partial charge on any atom is -0.463 e. The molecule has 1 heterocycles. The molecule has 0 amide bonds. The maximum atomic E-state index is 11.0. The van der Waals surface area contributed by atoms with Gasteiger partial charge in [0, 0.05) is 6.08 Å². The van der Waals surface area contributed by atoms with Crippen molar-refractivity contribution < 1.29 is 19.0 Å². The summed E-state index contributed by atoms with van der Waals surface area (Å²) in [5, 5.41) is 0. The summed E-state index contributed by atoms with van der Waals surface area (Å²) in [7, 11) is 0. The van der Waals surface area contributed by atoms with Crippen molar-refractivity contribution in [3.05, 3.63) is 12.2 Å². The van der Waals surface area contributed by atoms with Gasteiger partial charge in [-0.2, -0.15) is 0 Å². The van der Waals surface area contributed by atoms with Gasteiger partial charge in [-0.1, -0.05) is 0 Å². The molecule has 0 saturated carbocycles. The number of hydrogen-bond acceptors (Lipinski definition) is 4. The van der Waals surface area contributed by atoms with E-state index in [0.717, 1.165) is 0 Å². The molecule has 1 aliphatic rings. The second-order valence-electron chi connectivity index (χ2n) is 3.48. The molecule has 0 aromatic heterocycles. The lowest BCUT2D eigenvalue weighted by Gasteiger charge is -2.15. The second kappa shape index (κ2) is 4.57. The molecular weight excluding hydrogens is 184 g/mol. The Morgan fingerprint density at radius 3 is 2.86 bits per heavy atom. The predicted octanol–water partition coefficient (Wildman–Crippen LogP) is 1.26. The molecule has 14 heavy (non-hydrogen) atoms. The molecule has 1 fully saturated rings. The highest BCUT2D eigenvalue weighted by Crippen LogP contribution is 2.22. The van der Waals surface area contributed by atoms with E-state index in [9.17, 15) is 4.79 Å². The van der Waals surface area contributed by atoms with Crippen molar-refractivity contribution >= 4 is 5.97 Å². The van der Waals surface area contributed by atoms with Gasteiger partial charge in [-0.3, -0.25) is 0 Å². The first kappa shape index (κ1) is 11.2. The van der Waals surface area contributed by atoms with Gasteiger partial charge in [0.15, 0.2) is 5.79 Å². The zero-order chi connectivity index (χ0) is 10.6. The van der Waals surface area contributed by atoms with Crippen LogP contribution in [0.15, 0.2) is 12.2 Å². The molecule has 0 bridgehead atoms. The largest absolute Gasteiger partial charge is 0.463 e. The van der Waals surface area contributed by atoms with Gasteiger partial charge in [0.1, 0.15) is 6.10 Å². The van der Waals surface area contributed by atoms with Gasteiger partial charge in [-0.25, -0.2) is 4.79 Å². The third-order valence-electron chi connectivity index (χ3n) is 1.76. The average Bonchev–Trinajstić information content (AvgIpc) is 2.43. The third kappa shape index (κ3) is 3.47. The Bertz CT molecular complexity index is 232. The highest BCUT2D eigenvalue weighted by Gasteiger charge is 2.31. The minimum absolute atomic E-state index is 0.158. The molecule has 1 saturated heterocycles. The highest BCUT2D eigenvalue weighted by atomic mass is 16.7. The van der Waals surface area contributed by atoms with Crippen molar-refractivity contribution in [3.8, 4) is 0 Å². The monoisotopic (exact) mass is 200 g/mol. The Hall–Kier alpha value is -0.870. The average molecular weight is 200 g/mol. The maximum absolute atomic E-state index is 11.0. The summed E-state index contributed by atoms with van der Waals surface area (Å²) in [5.41, 5.74) is 0. The Balaban J connectivity index is 2.35. The lowest BCUT2D eigenvalue weighted by molar-refractivity contribution is -0.138. The molecule has 0 unspecified atom stereocenters. The Morgan fingerprint density at radius 2 is 2.36 bits per heavy atom. The van der Waals surface area contributed by atoms with Gasteiger partial charge in [0.05, 0.1) is 13.2 Å². The van der Waals surface area contributed by atoms with Crippen molar-refractivity contribution in [1.82, 2.24) is 0 Å². The summed E-state index contributed by atoms with van der Waals surface area (Å²) in [6, 6.07) is 0. The second-order valence-corrected chi connectivity index (χ2v) is 3.48. The van der Waals surface area contributed by atoms with Gasteiger partial charge in [0.2, 0.25) is 0 Å². The van der Waals surface area contributed by atoms with E-state index < -0.39 is 5.79 Å². The molecule has 0 N–H and O–H groups in total. The Kier molecular flexibility index (Phi) is 3.66. The fraction of sp³-hybridized carbons (Fsp3) is 0.700. The van der Waals surface area contributed by atoms with Gasteiger partial charge >= 0.3 is 5.97 Å². The molecule has 0 radical (unpaired) electrons. The van der Waals surface area contributed by atoms with Gasteiger partial charge in [-0.05, 0) is 26.8 Å². The standard InChI is InChI=1S/C10H16O4/c1-4-12-9(11)6-5-8-7-13-10(2,3)14-8/h5-6,8H,4,7H2,1-3H3/b6-5+/t8-/m0/s1. The molecule has 0 aromatic carbocycles. The minimum atomic E-state index is -0.552. The summed E-state index contributed by atoms with van der Waals surface area (Å²) in [6.07, 6.45) is 2.88. The molecule has 4 heteroatoms. The topological polar surface area (TPSA) is 44.8 Å². The van der Waals surface area contributed by atoms with Crippen LogP contribution in [0.5, 0.6) is 0 Å². The fourth-order valence-electron chi connectivity index (χ4n) is 1.19. The van der Waals surface area contributed by atoms with Crippen LogP contribution in [0.1, 0.15) is 20.8 Å². The van der Waals surface area contributed by atoms with Crippen molar-refractivity contribution in [2.24, 2.45) is 0 Å². The molecule has 4 nitrogen and oxygen atoms in total. The third-order valence-corrected chi connectivity index (χ3v) is 1.76. The summed E-state index contributed by atoms with van der Waals surface area (Å²) >= 11 is 0. The normalized spacial score (nSPS) is 25.5. The van der Waals surface area contributed by atoms with Gasteiger partial charge in [-0.15, -0.1) is 0 Å². The maximum Gasteiger partial charge on any atom is 0.330 e. The molecule has 80 valence electrons. The zero-order valence-electron chi connectivity index (χ0n) is 8.78. The van der Waals surface area contributed by atoms with Gasteiger partial charge < -0.3 is 14.2 Å². The summed E-state index contributed by atoms with van der Waals surface area (Å²) in [4.78, 5) is 11.0. The zero-order valence-corrected chi connectivity index (χ0v) is 8.78. The molecule has 0 aliphatic carbocycles. The van der Waals surface area contributed by atoms with Crippen LogP contribution in [-0.2, 0) is 19.0 Å². The van der Waals surface area contributed by atoms with E-state index in [2.05, 4.69) is 0 Å². The van der Waals surface area contributed by atoms with Crippen LogP contribution < -0.4 is 0 Å². The Morgan fingerprint density at radius 1 is 1.64 bits per heavy atom. The van der Waals surface area contributed by atoms with Crippen molar-refractivity contribution in [3.63, 3.8) is 0 Å². The number of hydrogen-bond donors (Lipinski definition) is 0. The quantitative estimate of drug-likeness (QED) is 0.508. The number of carbonyl (C=O) groups is 1. The smallest absolute Gasteiger partial charge is 0.330 e. The van der Waals surface area contributed by atoms with Crippen LogP contribution in [0.4, 0.5) is 0 Å². The van der Waals surface area contributed by atoms with Crippen molar-refractivity contribution in [2.45, 2.75) is 32.7 Å². The molecular formula is C10H16O4.